The zero-order valence-electron chi connectivity index (χ0n) is 12.7. The van der Waals surface area contributed by atoms with Crippen molar-refractivity contribution >= 4 is 17.5 Å². The maximum absolute atomic E-state index is 13.3. The predicted octanol–water partition coefficient (Wildman–Crippen LogP) is 3.06. The molecular formula is C17H18FN3O2. The standard InChI is InChI=1S/C17H18FN3O2/c18-14-6-5-12(9-11(14)10-19)20-17(23)21-8-7-16(22)13-3-1-2-4-15(13)21/h5-6,9,13,15H,1-4,7-8H2,(H,20,23)/t13-,15-/m0/s1. The van der Waals surface area contributed by atoms with Crippen LogP contribution in [0.5, 0.6) is 0 Å². The number of Topliss-reactive ketones (excluding diaryl/α,β-unsaturated/α-hetero) is 1. The van der Waals surface area contributed by atoms with Crippen LogP contribution in [0.4, 0.5) is 14.9 Å². The Morgan fingerprint density at radius 2 is 2.13 bits per heavy atom. The maximum Gasteiger partial charge on any atom is 0.322 e. The van der Waals surface area contributed by atoms with Crippen molar-refractivity contribution in [2.45, 2.75) is 38.1 Å². The summed E-state index contributed by atoms with van der Waals surface area (Å²) in [6.45, 7) is 0.415. The number of piperidine rings is 1. The first-order valence-corrected chi connectivity index (χ1v) is 7.90. The lowest BCUT2D eigenvalue weighted by Gasteiger charge is -2.42. The van der Waals surface area contributed by atoms with Crippen LogP contribution in [0.3, 0.4) is 0 Å². The van der Waals surface area contributed by atoms with Gasteiger partial charge in [-0.25, -0.2) is 9.18 Å². The number of nitrogens with one attached hydrogen (secondary N) is 1. The minimum Gasteiger partial charge on any atom is -0.320 e. The van der Waals surface area contributed by atoms with Gasteiger partial charge in [-0.2, -0.15) is 5.26 Å². The van der Waals surface area contributed by atoms with E-state index in [1.807, 2.05) is 0 Å². The van der Waals surface area contributed by atoms with E-state index in [0.29, 0.717) is 18.7 Å². The minimum absolute atomic E-state index is 0.0408. The fraction of sp³-hybridized carbons (Fsp3) is 0.471. The Kier molecular flexibility index (Phi) is 4.28. The molecule has 1 N–H and O–H groups in total. The number of carbonyl (C=O) groups is 2. The summed E-state index contributed by atoms with van der Waals surface area (Å²) in [6, 6.07) is 5.34. The molecule has 120 valence electrons. The van der Waals surface area contributed by atoms with Crippen LogP contribution in [0, 0.1) is 23.1 Å². The molecule has 1 aromatic carbocycles. The van der Waals surface area contributed by atoms with Gasteiger partial charge in [0.15, 0.2) is 0 Å². The smallest absolute Gasteiger partial charge is 0.320 e. The van der Waals surface area contributed by atoms with Crippen molar-refractivity contribution in [1.82, 2.24) is 4.90 Å². The second-order valence-electron chi connectivity index (χ2n) is 6.10. The Balaban J connectivity index is 1.75. The summed E-state index contributed by atoms with van der Waals surface area (Å²) in [7, 11) is 0. The van der Waals surface area contributed by atoms with Crippen LogP contribution in [-0.4, -0.2) is 29.3 Å². The van der Waals surface area contributed by atoms with Gasteiger partial charge in [0, 0.05) is 30.6 Å². The van der Waals surface area contributed by atoms with E-state index >= 15 is 0 Å². The molecule has 5 nitrogen and oxygen atoms in total. The molecule has 0 spiro atoms. The highest BCUT2D eigenvalue weighted by molar-refractivity contribution is 5.92. The summed E-state index contributed by atoms with van der Waals surface area (Å²) in [5.74, 6) is -0.403. The van der Waals surface area contributed by atoms with Crippen LogP contribution in [0.25, 0.3) is 0 Å². The number of likely N-dealkylation sites (tertiary alicyclic amines) is 1. The monoisotopic (exact) mass is 315 g/mol. The average molecular weight is 315 g/mol. The Hall–Kier alpha value is -2.42. The zero-order chi connectivity index (χ0) is 16.4. The van der Waals surface area contributed by atoms with Gasteiger partial charge in [0.1, 0.15) is 17.7 Å². The number of urea groups is 1. The first-order chi connectivity index (χ1) is 11.1. The number of anilines is 1. The lowest BCUT2D eigenvalue weighted by atomic mass is 9.77. The number of rotatable bonds is 1. The molecule has 0 unspecified atom stereocenters. The van der Waals surface area contributed by atoms with Gasteiger partial charge in [0.25, 0.3) is 0 Å². The molecule has 6 heteroatoms. The molecule has 1 saturated carbocycles. The molecule has 1 heterocycles. The molecule has 23 heavy (non-hydrogen) atoms. The molecule has 1 aliphatic carbocycles. The molecule has 1 aliphatic heterocycles. The molecule has 2 aliphatic rings. The second-order valence-corrected chi connectivity index (χ2v) is 6.10. The van der Waals surface area contributed by atoms with Crippen molar-refractivity contribution in [3.8, 4) is 6.07 Å². The van der Waals surface area contributed by atoms with Crippen molar-refractivity contribution < 1.29 is 14.0 Å². The van der Waals surface area contributed by atoms with Crippen LogP contribution in [0.15, 0.2) is 18.2 Å². The molecule has 2 amide bonds. The SMILES string of the molecule is N#Cc1cc(NC(=O)N2CCC(=O)[C@H]3CCCC[C@@H]32)ccc1F. The molecule has 0 aromatic heterocycles. The lowest BCUT2D eigenvalue weighted by molar-refractivity contribution is -0.129. The number of halogens is 1. The number of hydrogen-bond acceptors (Lipinski definition) is 3. The summed E-state index contributed by atoms with van der Waals surface area (Å²) in [4.78, 5) is 26.3. The van der Waals surface area contributed by atoms with Crippen molar-refractivity contribution in [3.63, 3.8) is 0 Å². The van der Waals surface area contributed by atoms with Gasteiger partial charge in [0.05, 0.1) is 5.56 Å². The predicted molar refractivity (Wildman–Crippen MR) is 82.2 cm³/mol. The number of nitrogens with zero attached hydrogens (tertiary/aromatic N) is 2. The number of carbonyl (C=O) groups excluding carboxylic acids is 2. The van der Waals surface area contributed by atoms with Crippen molar-refractivity contribution in [3.05, 3.63) is 29.6 Å². The Labute approximate surface area is 134 Å². The first-order valence-electron chi connectivity index (χ1n) is 7.90. The van der Waals surface area contributed by atoms with E-state index in [-0.39, 0.29) is 29.3 Å². The van der Waals surface area contributed by atoms with Crippen molar-refractivity contribution in [2.24, 2.45) is 5.92 Å². The third kappa shape index (κ3) is 3.04. The zero-order valence-corrected chi connectivity index (χ0v) is 12.7. The molecule has 2 atom stereocenters. The lowest BCUT2D eigenvalue weighted by Crippen LogP contribution is -2.54. The third-order valence-corrected chi connectivity index (χ3v) is 4.74. The first kappa shape index (κ1) is 15.5. The number of amides is 2. The molecule has 0 bridgehead atoms. The van der Waals surface area contributed by atoms with Crippen LogP contribution < -0.4 is 5.32 Å². The largest absolute Gasteiger partial charge is 0.322 e. The molecule has 1 saturated heterocycles. The van der Waals surface area contributed by atoms with Gasteiger partial charge in [-0.1, -0.05) is 12.8 Å². The van der Waals surface area contributed by atoms with Gasteiger partial charge in [-0.3, -0.25) is 4.79 Å². The van der Waals surface area contributed by atoms with E-state index in [1.165, 1.54) is 12.1 Å². The van der Waals surface area contributed by atoms with E-state index in [0.717, 1.165) is 31.7 Å². The average Bonchev–Trinajstić information content (AvgIpc) is 2.57. The number of benzene rings is 1. The summed E-state index contributed by atoms with van der Waals surface area (Å²) >= 11 is 0. The maximum atomic E-state index is 13.3. The normalized spacial score (nSPS) is 23.8. The van der Waals surface area contributed by atoms with Crippen LogP contribution in [0.2, 0.25) is 0 Å². The number of ketones is 1. The molecule has 0 radical (unpaired) electrons. The topological polar surface area (TPSA) is 73.2 Å². The Bertz CT molecular complexity index is 683. The van der Waals surface area contributed by atoms with E-state index in [9.17, 15) is 14.0 Å². The number of fused-ring (bicyclic) bond motifs is 1. The highest BCUT2D eigenvalue weighted by Gasteiger charge is 2.40. The molecule has 1 aromatic rings. The van der Waals surface area contributed by atoms with Gasteiger partial charge in [0.2, 0.25) is 0 Å². The van der Waals surface area contributed by atoms with E-state index in [4.69, 9.17) is 5.26 Å². The summed E-state index contributed by atoms with van der Waals surface area (Å²) < 4.78 is 13.3. The Morgan fingerprint density at radius 3 is 2.91 bits per heavy atom. The van der Waals surface area contributed by atoms with Gasteiger partial charge in [-0.05, 0) is 31.0 Å². The van der Waals surface area contributed by atoms with Crippen LogP contribution >= 0.6 is 0 Å². The molecule has 3 rings (SSSR count). The quantitative estimate of drug-likeness (QED) is 0.865. The van der Waals surface area contributed by atoms with E-state index in [2.05, 4.69) is 5.32 Å². The highest BCUT2D eigenvalue weighted by atomic mass is 19.1. The summed E-state index contributed by atoms with van der Waals surface area (Å²) in [5, 5.41) is 11.6. The minimum atomic E-state index is -0.610. The van der Waals surface area contributed by atoms with Gasteiger partial charge < -0.3 is 10.2 Å². The van der Waals surface area contributed by atoms with E-state index in [1.54, 1.807) is 11.0 Å². The van der Waals surface area contributed by atoms with Crippen LogP contribution in [-0.2, 0) is 4.79 Å². The second kappa shape index (κ2) is 6.37. The van der Waals surface area contributed by atoms with Crippen LogP contribution in [0.1, 0.15) is 37.7 Å². The van der Waals surface area contributed by atoms with Crippen molar-refractivity contribution in [1.29, 1.82) is 5.26 Å². The fourth-order valence-electron chi connectivity index (χ4n) is 3.58. The van der Waals surface area contributed by atoms with Gasteiger partial charge in [-0.15, -0.1) is 0 Å². The number of nitriles is 1. The highest BCUT2D eigenvalue weighted by Crippen LogP contribution is 2.33. The Morgan fingerprint density at radius 1 is 1.35 bits per heavy atom. The summed E-state index contributed by atoms with van der Waals surface area (Å²) in [5.41, 5.74) is 0.282. The summed E-state index contributed by atoms with van der Waals surface area (Å²) in [6.07, 6.45) is 4.14. The number of hydrogen-bond donors (Lipinski definition) is 1. The van der Waals surface area contributed by atoms with Crippen molar-refractivity contribution in [2.75, 3.05) is 11.9 Å². The van der Waals surface area contributed by atoms with Gasteiger partial charge >= 0.3 is 6.03 Å². The third-order valence-electron chi connectivity index (χ3n) is 4.74. The van der Waals surface area contributed by atoms with E-state index < -0.39 is 5.82 Å². The fourth-order valence-corrected chi connectivity index (χ4v) is 3.58. The molecular weight excluding hydrogens is 297 g/mol. The molecule has 2 fully saturated rings.